The topological polar surface area (TPSA) is 39.2 Å². The Morgan fingerprint density at radius 1 is 1.31 bits per heavy atom. The summed E-state index contributed by atoms with van der Waals surface area (Å²) in [7, 11) is 0. The monoisotopic (exact) mass is 179 g/mol. The second-order valence-electron chi connectivity index (χ2n) is 4.49. The van der Waals surface area contributed by atoms with Gasteiger partial charge in [0.15, 0.2) is 0 Å². The van der Waals surface area contributed by atoms with Crippen molar-refractivity contribution in [2.75, 3.05) is 0 Å². The molecule has 13 heavy (non-hydrogen) atoms. The Morgan fingerprint density at radius 2 is 2.00 bits per heavy atom. The van der Waals surface area contributed by atoms with Crippen LogP contribution in [-0.4, -0.2) is 0 Å². The van der Waals surface area contributed by atoms with Gasteiger partial charge in [0.05, 0.1) is 5.54 Å². The van der Waals surface area contributed by atoms with Crippen LogP contribution in [0, 0.1) is 0 Å². The average Bonchev–Trinajstić information content (AvgIpc) is 2.45. The van der Waals surface area contributed by atoms with Gasteiger partial charge in [0.1, 0.15) is 11.5 Å². The van der Waals surface area contributed by atoms with E-state index < -0.39 is 0 Å². The van der Waals surface area contributed by atoms with Crippen molar-refractivity contribution in [2.45, 2.75) is 45.1 Å². The normalized spacial score (nSPS) is 17.2. The fraction of sp³-hybridized carbons (Fsp3) is 0.636. The molecular formula is C11H17NO. The number of hydrogen-bond donors (Lipinski definition) is 1. The molecule has 0 spiro atoms. The highest BCUT2D eigenvalue weighted by atomic mass is 16.3. The second kappa shape index (κ2) is 2.88. The zero-order valence-electron chi connectivity index (χ0n) is 8.39. The summed E-state index contributed by atoms with van der Waals surface area (Å²) in [5, 5.41) is 0. The van der Waals surface area contributed by atoms with E-state index in [2.05, 4.69) is 6.07 Å². The van der Waals surface area contributed by atoms with Crippen LogP contribution in [0.1, 0.15) is 43.8 Å². The van der Waals surface area contributed by atoms with E-state index in [-0.39, 0.29) is 5.54 Å². The molecule has 0 unspecified atom stereocenters. The van der Waals surface area contributed by atoms with Gasteiger partial charge >= 0.3 is 0 Å². The summed E-state index contributed by atoms with van der Waals surface area (Å²) in [6, 6.07) is 2.13. The zero-order chi connectivity index (χ0) is 9.47. The third kappa shape index (κ3) is 1.63. The molecule has 0 atom stereocenters. The quantitative estimate of drug-likeness (QED) is 0.718. The van der Waals surface area contributed by atoms with Crippen molar-refractivity contribution < 1.29 is 4.42 Å². The number of furan rings is 1. The maximum Gasteiger partial charge on any atom is 0.123 e. The molecule has 1 aromatic heterocycles. The zero-order valence-corrected chi connectivity index (χ0v) is 8.39. The smallest absolute Gasteiger partial charge is 0.123 e. The molecule has 0 aliphatic heterocycles. The molecule has 72 valence electrons. The molecule has 2 nitrogen and oxygen atoms in total. The van der Waals surface area contributed by atoms with Crippen LogP contribution in [0.4, 0.5) is 0 Å². The summed E-state index contributed by atoms with van der Waals surface area (Å²) < 4.78 is 5.75. The first kappa shape index (κ1) is 8.82. The minimum Gasteiger partial charge on any atom is -0.464 e. The molecule has 1 heterocycles. The first-order valence-corrected chi connectivity index (χ1v) is 4.98. The van der Waals surface area contributed by atoms with Crippen molar-refractivity contribution in [3.63, 3.8) is 0 Å². The van der Waals surface area contributed by atoms with Crippen molar-refractivity contribution in [2.24, 2.45) is 5.73 Å². The standard InChI is InChI=1S/C11H17NO/c1-11(2,12)10-7-8-5-3-4-6-9(8)13-10/h7H,3-6,12H2,1-2H3. The number of nitrogens with two attached hydrogens (primary N) is 1. The van der Waals surface area contributed by atoms with Crippen LogP contribution in [0.3, 0.4) is 0 Å². The van der Waals surface area contributed by atoms with E-state index in [0.717, 1.165) is 18.6 Å². The van der Waals surface area contributed by atoms with E-state index in [1.807, 2.05) is 13.8 Å². The van der Waals surface area contributed by atoms with Crippen LogP contribution in [0.5, 0.6) is 0 Å². The number of aryl methyl sites for hydroxylation is 2. The highest BCUT2D eigenvalue weighted by molar-refractivity contribution is 5.26. The first-order chi connectivity index (χ1) is 6.07. The summed E-state index contributed by atoms with van der Waals surface area (Å²) in [5.41, 5.74) is 7.01. The Bertz CT molecular complexity index is 283. The summed E-state index contributed by atoms with van der Waals surface area (Å²) in [6.45, 7) is 3.97. The maximum atomic E-state index is 5.98. The molecule has 1 aliphatic rings. The van der Waals surface area contributed by atoms with Crippen molar-refractivity contribution in [1.82, 2.24) is 0 Å². The molecule has 0 radical (unpaired) electrons. The molecule has 0 amide bonds. The Kier molecular flexibility index (Phi) is 1.95. The highest BCUT2D eigenvalue weighted by Gasteiger charge is 2.23. The lowest BCUT2D eigenvalue weighted by atomic mass is 9.97. The van der Waals surface area contributed by atoms with Crippen molar-refractivity contribution >= 4 is 0 Å². The third-order valence-corrected chi connectivity index (χ3v) is 2.63. The van der Waals surface area contributed by atoms with E-state index in [9.17, 15) is 0 Å². The largest absolute Gasteiger partial charge is 0.464 e. The average molecular weight is 179 g/mol. The van der Waals surface area contributed by atoms with Gasteiger partial charge in [-0.05, 0) is 44.7 Å². The van der Waals surface area contributed by atoms with Crippen molar-refractivity contribution in [1.29, 1.82) is 0 Å². The van der Waals surface area contributed by atoms with Crippen LogP contribution >= 0.6 is 0 Å². The molecule has 2 rings (SSSR count). The van der Waals surface area contributed by atoms with Gasteiger partial charge in [-0.1, -0.05) is 0 Å². The predicted molar refractivity (Wildman–Crippen MR) is 52.6 cm³/mol. The lowest BCUT2D eigenvalue weighted by molar-refractivity contribution is 0.367. The summed E-state index contributed by atoms with van der Waals surface area (Å²) in [4.78, 5) is 0. The van der Waals surface area contributed by atoms with Gasteiger partial charge in [0, 0.05) is 6.42 Å². The maximum absolute atomic E-state index is 5.98. The van der Waals surface area contributed by atoms with Gasteiger partial charge in [-0.15, -0.1) is 0 Å². The van der Waals surface area contributed by atoms with E-state index in [1.54, 1.807) is 0 Å². The molecule has 0 bridgehead atoms. The van der Waals surface area contributed by atoms with Gasteiger partial charge in [-0.3, -0.25) is 0 Å². The third-order valence-electron chi connectivity index (χ3n) is 2.63. The van der Waals surface area contributed by atoms with Crippen LogP contribution in [-0.2, 0) is 18.4 Å². The minimum absolute atomic E-state index is 0.336. The molecule has 2 heteroatoms. The molecule has 0 aromatic carbocycles. The Balaban J connectivity index is 2.36. The minimum atomic E-state index is -0.336. The SMILES string of the molecule is CC(C)(N)c1cc2c(o1)CCCC2. The molecular weight excluding hydrogens is 162 g/mol. The van der Waals surface area contributed by atoms with Crippen molar-refractivity contribution in [3.8, 4) is 0 Å². The summed E-state index contributed by atoms with van der Waals surface area (Å²) in [5.74, 6) is 2.10. The molecule has 1 aromatic rings. The molecule has 0 saturated carbocycles. The van der Waals surface area contributed by atoms with Gasteiger partial charge in [0.2, 0.25) is 0 Å². The Labute approximate surface area is 79.1 Å². The molecule has 0 saturated heterocycles. The van der Waals surface area contributed by atoms with Crippen LogP contribution in [0.2, 0.25) is 0 Å². The van der Waals surface area contributed by atoms with E-state index in [4.69, 9.17) is 10.2 Å². The molecule has 2 N–H and O–H groups in total. The van der Waals surface area contributed by atoms with Crippen LogP contribution in [0.25, 0.3) is 0 Å². The van der Waals surface area contributed by atoms with E-state index in [1.165, 1.54) is 24.2 Å². The molecule has 1 aliphatic carbocycles. The lowest BCUT2D eigenvalue weighted by Gasteiger charge is -2.14. The Morgan fingerprint density at radius 3 is 2.62 bits per heavy atom. The van der Waals surface area contributed by atoms with E-state index in [0.29, 0.717) is 0 Å². The molecule has 0 fully saturated rings. The Hall–Kier alpha value is -0.760. The first-order valence-electron chi connectivity index (χ1n) is 4.98. The predicted octanol–water partition coefficient (Wildman–Crippen LogP) is 2.35. The number of hydrogen-bond acceptors (Lipinski definition) is 2. The van der Waals surface area contributed by atoms with Crippen LogP contribution in [0.15, 0.2) is 10.5 Å². The fourth-order valence-corrected chi connectivity index (χ4v) is 1.81. The van der Waals surface area contributed by atoms with Gasteiger partial charge in [-0.2, -0.15) is 0 Å². The van der Waals surface area contributed by atoms with Gasteiger partial charge in [0.25, 0.3) is 0 Å². The number of rotatable bonds is 1. The summed E-state index contributed by atoms with van der Waals surface area (Å²) in [6.07, 6.45) is 4.79. The van der Waals surface area contributed by atoms with Gasteiger partial charge < -0.3 is 10.2 Å². The van der Waals surface area contributed by atoms with E-state index >= 15 is 0 Å². The van der Waals surface area contributed by atoms with Crippen LogP contribution < -0.4 is 5.73 Å². The summed E-state index contributed by atoms with van der Waals surface area (Å²) >= 11 is 0. The number of fused-ring (bicyclic) bond motifs is 1. The lowest BCUT2D eigenvalue weighted by Crippen LogP contribution is -2.27. The highest BCUT2D eigenvalue weighted by Crippen LogP contribution is 2.28. The fourth-order valence-electron chi connectivity index (χ4n) is 1.81. The second-order valence-corrected chi connectivity index (χ2v) is 4.49. The van der Waals surface area contributed by atoms with Gasteiger partial charge in [-0.25, -0.2) is 0 Å². The van der Waals surface area contributed by atoms with Crippen molar-refractivity contribution in [3.05, 3.63) is 23.2 Å².